The highest BCUT2D eigenvalue weighted by atomic mass is 16.4. The summed E-state index contributed by atoms with van der Waals surface area (Å²) in [4.78, 5) is 27.9. The number of carboxylic acids is 1. The minimum atomic E-state index is -0.726. The molecule has 5 nitrogen and oxygen atoms in total. The van der Waals surface area contributed by atoms with E-state index < -0.39 is 5.97 Å². The van der Waals surface area contributed by atoms with E-state index in [2.05, 4.69) is 17.1 Å². The monoisotopic (exact) mass is 418 g/mol. The zero-order chi connectivity index (χ0) is 22.1. The third kappa shape index (κ3) is 6.14. The number of carboxylic acid groups (broad SMARTS) is 1. The average molecular weight is 419 g/mol. The van der Waals surface area contributed by atoms with Crippen molar-refractivity contribution < 1.29 is 9.90 Å². The largest absolute Gasteiger partial charge is 0.481 e. The number of hydrogen-bond acceptors (Lipinski definition) is 3. The summed E-state index contributed by atoms with van der Waals surface area (Å²) in [5.74, 6) is -0.726. The first-order chi connectivity index (χ1) is 15.1. The molecule has 0 aliphatic heterocycles. The molecular weight excluding hydrogens is 388 g/mol. The van der Waals surface area contributed by atoms with Gasteiger partial charge in [0.05, 0.1) is 5.69 Å². The lowest BCUT2D eigenvalue weighted by Gasteiger charge is -2.17. The second kappa shape index (κ2) is 11.3. The summed E-state index contributed by atoms with van der Waals surface area (Å²) >= 11 is 0. The Morgan fingerprint density at radius 3 is 2.00 bits per heavy atom. The molecule has 0 amide bonds. The Hall–Kier alpha value is -3.21. The molecule has 31 heavy (non-hydrogen) atoms. The van der Waals surface area contributed by atoms with Crippen LogP contribution in [0.5, 0.6) is 0 Å². The van der Waals surface area contributed by atoms with Crippen molar-refractivity contribution in [2.45, 2.75) is 58.4 Å². The van der Waals surface area contributed by atoms with Crippen molar-refractivity contribution in [2.24, 2.45) is 0 Å². The van der Waals surface area contributed by atoms with Gasteiger partial charge in [-0.05, 0) is 25.3 Å². The van der Waals surface area contributed by atoms with E-state index in [0.717, 1.165) is 66.6 Å². The Labute approximate surface area is 183 Å². The van der Waals surface area contributed by atoms with Crippen LogP contribution in [0.25, 0.3) is 22.4 Å². The van der Waals surface area contributed by atoms with Crippen LogP contribution < -0.4 is 5.69 Å². The maximum atomic E-state index is 12.9. The molecule has 3 aromatic rings. The molecule has 0 aliphatic rings. The Morgan fingerprint density at radius 1 is 0.839 bits per heavy atom. The Balaban J connectivity index is 1.76. The first-order valence-electron chi connectivity index (χ1n) is 11.0. The van der Waals surface area contributed by atoms with Gasteiger partial charge in [0.2, 0.25) is 0 Å². The van der Waals surface area contributed by atoms with Crippen molar-refractivity contribution in [3.8, 4) is 22.4 Å². The van der Waals surface area contributed by atoms with Gasteiger partial charge < -0.3 is 5.11 Å². The van der Waals surface area contributed by atoms with E-state index in [1.165, 1.54) is 0 Å². The third-order valence-electron chi connectivity index (χ3n) is 5.57. The molecule has 1 aromatic heterocycles. The van der Waals surface area contributed by atoms with Gasteiger partial charge >= 0.3 is 11.7 Å². The standard InChI is InChI=1S/C26H30N2O3/c1-20-24(21-14-8-6-9-15-21)25(22-16-10-7-11-17-22)27-26(31)28(20)19-13-5-3-2-4-12-18-23(29)30/h6-11,14-17H,2-5,12-13,18-19H2,1H3,(H,29,30). The smallest absolute Gasteiger partial charge is 0.348 e. The molecule has 0 bridgehead atoms. The Kier molecular flexibility index (Phi) is 8.16. The summed E-state index contributed by atoms with van der Waals surface area (Å²) in [6, 6.07) is 20.0. The van der Waals surface area contributed by atoms with Gasteiger partial charge in [0, 0.05) is 29.8 Å². The van der Waals surface area contributed by atoms with E-state index in [9.17, 15) is 9.59 Å². The molecule has 0 aliphatic carbocycles. The van der Waals surface area contributed by atoms with Crippen LogP contribution in [0.4, 0.5) is 0 Å². The summed E-state index contributed by atoms with van der Waals surface area (Å²) in [6.45, 7) is 2.64. The van der Waals surface area contributed by atoms with Crippen LogP contribution in [0.3, 0.4) is 0 Å². The maximum Gasteiger partial charge on any atom is 0.348 e. The minimum absolute atomic E-state index is 0.211. The van der Waals surface area contributed by atoms with E-state index in [4.69, 9.17) is 5.11 Å². The van der Waals surface area contributed by atoms with Crippen molar-refractivity contribution in [1.82, 2.24) is 9.55 Å². The molecule has 1 N–H and O–H groups in total. The van der Waals surface area contributed by atoms with E-state index in [-0.39, 0.29) is 12.1 Å². The molecule has 0 saturated carbocycles. The molecule has 0 saturated heterocycles. The second-order valence-electron chi connectivity index (χ2n) is 7.85. The SMILES string of the molecule is Cc1c(-c2ccccc2)c(-c2ccccc2)nc(=O)n1CCCCCCCCC(=O)O. The highest BCUT2D eigenvalue weighted by molar-refractivity contribution is 5.82. The van der Waals surface area contributed by atoms with E-state index in [1.54, 1.807) is 4.57 Å². The topological polar surface area (TPSA) is 72.2 Å². The van der Waals surface area contributed by atoms with E-state index in [0.29, 0.717) is 6.54 Å². The van der Waals surface area contributed by atoms with Crippen LogP contribution in [0, 0.1) is 6.92 Å². The second-order valence-corrected chi connectivity index (χ2v) is 7.85. The normalized spacial score (nSPS) is 10.9. The predicted octanol–water partition coefficient (Wildman–Crippen LogP) is 5.70. The maximum absolute atomic E-state index is 12.9. The van der Waals surface area contributed by atoms with Gasteiger partial charge in [-0.3, -0.25) is 9.36 Å². The van der Waals surface area contributed by atoms with E-state index in [1.807, 2.05) is 55.5 Å². The summed E-state index contributed by atoms with van der Waals surface area (Å²) in [5.41, 5.74) is 4.45. The molecule has 0 fully saturated rings. The zero-order valence-electron chi connectivity index (χ0n) is 18.1. The highest BCUT2D eigenvalue weighted by Gasteiger charge is 2.17. The first-order valence-corrected chi connectivity index (χ1v) is 11.0. The summed E-state index contributed by atoms with van der Waals surface area (Å²) in [5, 5.41) is 8.69. The minimum Gasteiger partial charge on any atom is -0.481 e. The number of nitrogens with zero attached hydrogens (tertiary/aromatic N) is 2. The van der Waals surface area contributed by atoms with Gasteiger partial charge in [0.15, 0.2) is 0 Å². The van der Waals surface area contributed by atoms with Gasteiger partial charge in [0.1, 0.15) is 0 Å². The van der Waals surface area contributed by atoms with Crippen LogP contribution in [0.15, 0.2) is 65.5 Å². The fourth-order valence-electron chi connectivity index (χ4n) is 3.93. The number of unbranched alkanes of at least 4 members (excludes halogenated alkanes) is 5. The Bertz CT molecular complexity index is 1040. The Morgan fingerprint density at radius 2 is 1.39 bits per heavy atom. The summed E-state index contributed by atoms with van der Waals surface area (Å²) in [7, 11) is 0. The molecule has 162 valence electrons. The van der Waals surface area contributed by atoms with Crippen LogP contribution in [0.2, 0.25) is 0 Å². The van der Waals surface area contributed by atoms with Crippen LogP contribution in [0.1, 0.15) is 50.6 Å². The fraction of sp³-hybridized carbons (Fsp3) is 0.346. The number of aliphatic carboxylic acids is 1. The molecule has 0 radical (unpaired) electrons. The molecule has 3 rings (SSSR count). The predicted molar refractivity (Wildman–Crippen MR) is 124 cm³/mol. The molecule has 2 aromatic carbocycles. The molecule has 0 spiro atoms. The van der Waals surface area contributed by atoms with Crippen molar-refractivity contribution in [1.29, 1.82) is 0 Å². The lowest BCUT2D eigenvalue weighted by atomic mass is 9.97. The number of hydrogen-bond donors (Lipinski definition) is 1. The molecule has 0 atom stereocenters. The number of aromatic nitrogens is 2. The quantitative estimate of drug-likeness (QED) is 0.405. The summed E-state index contributed by atoms with van der Waals surface area (Å²) in [6.07, 6.45) is 5.92. The molecular formula is C26H30N2O3. The van der Waals surface area contributed by atoms with Gasteiger partial charge in [-0.1, -0.05) is 86.3 Å². The number of carbonyl (C=O) groups is 1. The summed E-state index contributed by atoms with van der Waals surface area (Å²) < 4.78 is 1.79. The number of rotatable bonds is 11. The van der Waals surface area contributed by atoms with E-state index >= 15 is 0 Å². The first kappa shape index (κ1) is 22.5. The van der Waals surface area contributed by atoms with Gasteiger partial charge in [-0.2, -0.15) is 4.98 Å². The molecule has 1 heterocycles. The van der Waals surface area contributed by atoms with Crippen molar-refractivity contribution >= 4 is 5.97 Å². The van der Waals surface area contributed by atoms with Gasteiger partial charge in [-0.15, -0.1) is 0 Å². The highest BCUT2D eigenvalue weighted by Crippen LogP contribution is 2.32. The van der Waals surface area contributed by atoms with Crippen molar-refractivity contribution in [3.05, 3.63) is 76.8 Å². The average Bonchev–Trinajstić information content (AvgIpc) is 2.78. The lowest BCUT2D eigenvalue weighted by molar-refractivity contribution is -0.137. The van der Waals surface area contributed by atoms with Crippen molar-refractivity contribution in [2.75, 3.05) is 0 Å². The third-order valence-corrected chi connectivity index (χ3v) is 5.57. The van der Waals surface area contributed by atoms with Gasteiger partial charge in [-0.25, -0.2) is 4.79 Å². The fourth-order valence-corrected chi connectivity index (χ4v) is 3.93. The molecule has 0 unspecified atom stereocenters. The van der Waals surface area contributed by atoms with Crippen molar-refractivity contribution in [3.63, 3.8) is 0 Å². The van der Waals surface area contributed by atoms with Crippen LogP contribution in [-0.4, -0.2) is 20.6 Å². The van der Waals surface area contributed by atoms with Crippen LogP contribution in [-0.2, 0) is 11.3 Å². The molecule has 5 heteroatoms. The lowest BCUT2D eigenvalue weighted by Crippen LogP contribution is -2.26. The van der Waals surface area contributed by atoms with Gasteiger partial charge in [0.25, 0.3) is 0 Å². The van der Waals surface area contributed by atoms with Crippen LogP contribution >= 0.6 is 0 Å². The zero-order valence-corrected chi connectivity index (χ0v) is 18.1. The number of benzene rings is 2.